The molecule has 0 aliphatic carbocycles. The van der Waals surface area contributed by atoms with E-state index in [-0.39, 0.29) is 11.4 Å². The molecule has 0 aromatic heterocycles. The van der Waals surface area contributed by atoms with E-state index in [2.05, 4.69) is 13.1 Å². The van der Waals surface area contributed by atoms with E-state index in [0.29, 0.717) is 0 Å². The van der Waals surface area contributed by atoms with Crippen LogP contribution in [0.1, 0.15) is 0 Å². The van der Waals surface area contributed by atoms with Crippen molar-refractivity contribution in [1.82, 2.24) is 0 Å². The summed E-state index contributed by atoms with van der Waals surface area (Å²) < 4.78 is 27.5. The van der Waals surface area contributed by atoms with Crippen LogP contribution in [-0.4, -0.2) is 21.2 Å². The highest BCUT2D eigenvalue weighted by molar-refractivity contribution is 6.77. The van der Waals surface area contributed by atoms with E-state index in [4.69, 9.17) is 5.73 Å². The van der Waals surface area contributed by atoms with Crippen molar-refractivity contribution < 1.29 is 8.78 Å². The maximum absolute atomic E-state index is 13.7. The van der Waals surface area contributed by atoms with E-state index >= 15 is 0 Å². The molecule has 0 spiro atoms. The number of benzene rings is 1. The molecule has 0 saturated carbocycles. The number of rotatable bonds is 1. The summed E-state index contributed by atoms with van der Waals surface area (Å²) in [6.45, 7) is 6.13. The van der Waals surface area contributed by atoms with Crippen LogP contribution < -0.4 is 10.6 Å². The van der Waals surface area contributed by atoms with Gasteiger partial charge in [-0.2, -0.15) is 0 Å². The predicted octanol–water partition coefficient (Wildman–Crippen LogP) is 3.08. The molecule has 1 saturated heterocycles. The van der Waals surface area contributed by atoms with Crippen LogP contribution in [0.3, 0.4) is 0 Å². The fourth-order valence-corrected chi connectivity index (χ4v) is 4.22. The molecule has 2 N–H and O–H groups in total. The van der Waals surface area contributed by atoms with Gasteiger partial charge in [-0.1, -0.05) is 13.1 Å². The molecule has 2 rings (SSSR count). The first-order valence-electron chi connectivity index (χ1n) is 5.88. The molecule has 1 aromatic carbocycles. The lowest BCUT2D eigenvalue weighted by Gasteiger charge is -2.37. The summed E-state index contributed by atoms with van der Waals surface area (Å²) in [6, 6.07) is 4.54. The van der Waals surface area contributed by atoms with Gasteiger partial charge in [0.2, 0.25) is 0 Å². The van der Waals surface area contributed by atoms with Crippen LogP contribution in [0.2, 0.25) is 25.2 Å². The molecule has 1 fully saturated rings. The molecule has 5 heteroatoms. The zero-order chi connectivity index (χ0) is 12.6. The van der Waals surface area contributed by atoms with E-state index in [1.807, 2.05) is 4.90 Å². The number of nitrogen functional groups attached to an aromatic ring is 1. The summed E-state index contributed by atoms with van der Waals surface area (Å²) in [5.41, 5.74) is 5.63. The molecule has 17 heavy (non-hydrogen) atoms. The average molecular weight is 256 g/mol. The molecular formula is C12H18F2N2Si. The van der Waals surface area contributed by atoms with Gasteiger partial charge in [-0.15, -0.1) is 0 Å². The molecule has 0 radical (unpaired) electrons. The Morgan fingerprint density at radius 1 is 1.12 bits per heavy atom. The van der Waals surface area contributed by atoms with Crippen molar-refractivity contribution in [1.29, 1.82) is 0 Å². The van der Waals surface area contributed by atoms with E-state index in [9.17, 15) is 8.78 Å². The van der Waals surface area contributed by atoms with Crippen LogP contribution >= 0.6 is 0 Å². The van der Waals surface area contributed by atoms with Crippen LogP contribution in [0.25, 0.3) is 0 Å². The highest BCUT2D eigenvalue weighted by Crippen LogP contribution is 2.31. The summed E-state index contributed by atoms with van der Waals surface area (Å²) in [4.78, 5) is 1.81. The molecule has 0 bridgehead atoms. The van der Waals surface area contributed by atoms with Gasteiger partial charge in [0, 0.05) is 18.8 Å². The third-order valence-corrected chi connectivity index (χ3v) is 6.63. The third kappa shape index (κ3) is 2.60. The van der Waals surface area contributed by atoms with E-state index in [1.54, 1.807) is 0 Å². The second-order valence-electron chi connectivity index (χ2n) is 5.48. The number of hydrogen-bond acceptors (Lipinski definition) is 2. The van der Waals surface area contributed by atoms with Gasteiger partial charge in [0.25, 0.3) is 0 Å². The number of nitrogens with zero attached hydrogens (tertiary/aromatic N) is 1. The quantitative estimate of drug-likeness (QED) is 0.618. The van der Waals surface area contributed by atoms with E-state index < -0.39 is 19.7 Å². The topological polar surface area (TPSA) is 29.3 Å². The highest BCUT2D eigenvalue weighted by atomic mass is 28.3. The maximum atomic E-state index is 13.7. The second kappa shape index (κ2) is 4.29. The monoisotopic (exact) mass is 256 g/mol. The third-order valence-electron chi connectivity index (χ3n) is 3.47. The van der Waals surface area contributed by atoms with Crippen LogP contribution in [0.4, 0.5) is 20.2 Å². The summed E-state index contributed by atoms with van der Waals surface area (Å²) >= 11 is 0. The van der Waals surface area contributed by atoms with E-state index in [0.717, 1.165) is 25.2 Å². The molecule has 1 heterocycles. The molecule has 0 unspecified atom stereocenters. The maximum Gasteiger partial charge on any atom is 0.151 e. The second-order valence-corrected chi connectivity index (χ2v) is 10.8. The van der Waals surface area contributed by atoms with Gasteiger partial charge in [-0.05, 0) is 24.2 Å². The Labute approximate surface area is 101 Å². The number of halogens is 2. The predicted molar refractivity (Wildman–Crippen MR) is 70.1 cm³/mol. The minimum Gasteiger partial charge on any atom is -0.399 e. The minimum absolute atomic E-state index is 0.0868. The highest BCUT2D eigenvalue weighted by Gasteiger charge is 2.29. The fourth-order valence-electron chi connectivity index (χ4n) is 2.22. The van der Waals surface area contributed by atoms with E-state index in [1.165, 1.54) is 12.1 Å². The lowest BCUT2D eigenvalue weighted by Crippen LogP contribution is -2.43. The zero-order valence-electron chi connectivity index (χ0n) is 10.3. The lowest BCUT2D eigenvalue weighted by molar-refractivity contribution is 0.572. The average Bonchev–Trinajstić information content (AvgIpc) is 2.19. The minimum atomic E-state index is -1.12. The molecule has 1 aliphatic heterocycles. The largest absolute Gasteiger partial charge is 0.399 e. The van der Waals surface area contributed by atoms with Gasteiger partial charge in [-0.3, -0.25) is 0 Å². The Morgan fingerprint density at radius 3 is 2.06 bits per heavy atom. The Hall–Kier alpha value is -1.10. The van der Waals surface area contributed by atoms with Crippen molar-refractivity contribution in [2.75, 3.05) is 23.7 Å². The van der Waals surface area contributed by atoms with Gasteiger partial charge < -0.3 is 10.6 Å². The lowest BCUT2D eigenvalue weighted by atomic mass is 10.2. The van der Waals surface area contributed by atoms with Gasteiger partial charge in [-0.25, -0.2) is 8.78 Å². The summed E-state index contributed by atoms with van der Waals surface area (Å²) in [5.74, 6) is -1.10. The van der Waals surface area contributed by atoms with Crippen molar-refractivity contribution in [2.45, 2.75) is 25.2 Å². The molecule has 0 amide bonds. The number of anilines is 2. The summed E-state index contributed by atoms with van der Waals surface area (Å²) in [7, 11) is -1.12. The van der Waals surface area contributed by atoms with Gasteiger partial charge >= 0.3 is 0 Å². The smallest absolute Gasteiger partial charge is 0.151 e. The van der Waals surface area contributed by atoms with Crippen molar-refractivity contribution in [3.8, 4) is 0 Å². The SMILES string of the molecule is C[Si]1(C)CCN(c2c(F)cc(N)cc2F)CC1. The molecule has 0 atom stereocenters. The Kier molecular flexibility index (Phi) is 3.12. The zero-order valence-corrected chi connectivity index (χ0v) is 11.3. The van der Waals surface area contributed by atoms with Gasteiger partial charge in [0.05, 0.1) is 8.07 Å². The number of hydrogen-bond donors (Lipinski definition) is 1. The van der Waals surface area contributed by atoms with Crippen molar-refractivity contribution >= 4 is 19.4 Å². The molecule has 1 aromatic rings. The van der Waals surface area contributed by atoms with Crippen LogP contribution in [0.15, 0.2) is 12.1 Å². The standard InChI is InChI=1S/C12H18F2N2Si/c1-17(2)5-3-16(4-6-17)12-10(13)7-9(15)8-11(12)14/h7-8H,3-6,15H2,1-2H3. The first kappa shape index (κ1) is 12.4. The van der Waals surface area contributed by atoms with Crippen molar-refractivity contribution in [3.05, 3.63) is 23.8 Å². The van der Waals surface area contributed by atoms with Gasteiger partial charge in [0.1, 0.15) is 5.69 Å². The Balaban J connectivity index is 2.24. The summed E-state index contributed by atoms with van der Waals surface area (Å²) in [5, 5.41) is 0. The van der Waals surface area contributed by atoms with Crippen LogP contribution in [0, 0.1) is 11.6 Å². The normalized spacial score (nSPS) is 19.4. The van der Waals surface area contributed by atoms with Crippen LogP contribution in [0.5, 0.6) is 0 Å². The van der Waals surface area contributed by atoms with Gasteiger partial charge in [0.15, 0.2) is 11.6 Å². The Bertz CT molecular complexity index is 402. The number of nitrogens with two attached hydrogens (primary N) is 1. The fraction of sp³-hybridized carbons (Fsp3) is 0.500. The van der Waals surface area contributed by atoms with Crippen molar-refractivity contribution in [2.24, 2.45) is 0 Å². The van der Waals surface area contributed by atoms with Crippen LogP contribution in [-0.2, 0) is 0 Å². The molecule has 94 valence electrons. The summed E-state index contributed by atoms with van der Waals surface area (Å²) in [6.07, 6.45) is 0. The molecular weight excluding hydrogens is 238 g/mol. The molecule has 2 nitrogen and oxygen atoms in total. The molecule has 1 aliphatic rings. The Morgan fingerprint density at radius 2 is 1.59 bits per heavy atom. The first-order chi connectivity index (χ1) is 7.89. The first-order valence-corrected chi connectivity index (χ1v) is 9.30. The van der Waals surface area contributed by atoms with Crippen molar-refractivity contribution in [3.63, 3.8) is 0 Å².